The molecule has 0 N–H and O–H groups in total. The van der Waals surface area contributed by atoms with E-state index in [-0.39, 0.29) is 41.3 Å². The Morgan fingerprint density at radius 1 is 1.04 bits per heavy atom. The third-order valence-electron chi connectivity index (χ3n) is 5.38. The molecule has 0 radical (unpaired) electrons. The fourth-order valence-corrected chi connectivity index (χ4v) is 4.29. The number of Topliss-reactive ketones (excluding diaryl/α,β-unsaturated/α-hetero) is 1. The molecular weight excluding hydrogens is 358 g/mol. The second-order valence-corrected chi connectivity index (χ2v) is 7.29. The summed E-state index contributed by atoms with van der Waals surface area (Å²) in [4.78, 5) is 50.0. The number of benzene rings is 1. The summed E-state index contributed by atoms with van der Waals surface area (Å²) in [6, 6.07) is 6.21. The van der Waals surface area contributed by atoms with Crippen molar-refractivity contribution in [3.8, 4) is 0 Å². The second kappa shape index (κ2) is 6.36. The minimum absolute atomic E-state index is 0.0916. The van der Waals surface area contributed by atoms with Crippen molar-refractivity contribution >= 4 is 35.2 Å². The molecule has 2 amide bonds. The van der Waals surface area contributed by atoms with Gasteiger partial charge in [0.1, 0.15) is 6.54 Å². The van der Waals surface area contributed by atoms with Crippen molar-refractivity contribution in [1.29, 1.82) is 0 Å². The lowest BCUT2D eigenvalue weighted by atomic mass is 9.85. The highest BCUT2D eigenvalue weighted by Gasteiger charge is 2.59. The molecule has 2 fully saturated rings. The molecule has 4 rings (SSSR count). The summed E-state index contributed by atoms with van der Waals surface area (Å²) in [6.45, 7) is -0.894. The van der Waals surface area contributed by atoms with E-state index < -0.39 is 19.1 Å². The van der Waals surface area contributed by atoms with Gasteiger partial charge in [0.05, 0.1) is 11.8 Å². The van der Waals surface area contributed by atoms with Gasteiger partial charge < -0.3 is 4.74 Å². The van der Waals surface area contributed by atoms with Crippen LogP contribution in [-0.4, -0.2) is 41.6 Å². The molecule has 1 saturated heterocycles. The molecule has 1 saturated carbocycles. The lowest BCUT2D eigenvalue weighted by Crippen LogP contribution is -2.38. The topological polar surface area (TPSA) is 80.8 Å². The van der Waals surface area contributed by atoms with E-state index in [0.717, 1.165) is 11.3 Å². The maximum atomic E-state index is 12.5. The van der Waals surface area contributed by atoms with Gasteiger partial charge in [0.2, 0.25) is 11.8 Å². The molecule has 0 unspecified atom stereocenters. The van der Waals surface area contributed by atoms with Crippen molar-refractivity contribution in [2.75, 3.05) is 13.2 Å². The summed E-state index contributed by atoms with van der Waals surface area (Å²) in [5.41, 5.74) is 0.368. The Morgan fingerprint density at radius 2 is 1.62 bits per heavy atom. The van der Waals surface area contributed by atoms with Crippen LogP contribution in [0.2, 0.25) is 5.02 Å². The number of esters is 1. The normalized spacial score (nSPS) is 28.6. The van der Waals surface area contributed by atoms with Crippen molar-refractivity contribution in [2.24, 2.45) is 23.7 Å². The van der Waals surface area contributed by atoms with Gasteiger partial charge in [-0.1, -0.05) is 23.8 Å². The third kappa shape index (κ3) is 2.74. The maximum absolute atomic E-state index is 12.5. The quantitative estimate of drug-likeness (QED) is 0.340. The first-order chi connectivity index (χ1) is 12.5. The summed E-state index contributed by atoms with van der Waals surface area (Å²) in [6.07, 6.45) is 4.81. The number of fused-ring (bicyclic) bond motifs is 5. The van der Waals surface area contributed by atoms with Crippen LogP contribution in [0.25, 0.3) is 0 Å². The Bertz CT molecular complexity index is 801. The van der Waals surface area contributed by atoms with Gasteiger partial charge in [0.15, 0.2) is 12.4 Å². The Hall–Kier alpha value is -2.47. The van der Waals surface area contributed by atoms with Crippen LogP contribution in [0, 0.1) is 23.7 Å². The van der Waals surface area contributed by atoms with Crippen LogP contribution >= 0.6 is 11.6 Å². The van der Waals surface area contributed by atoms with E-state index >= 15 is 0 Å². The summed E-state index contributed by atoms with van der Waals surface area (Å²) in [5.74, 6) is -2.27. The molecule has 7 heteroatoms. The minimum atomic E-state index is -0.769. The van der Waals surface area contributed by atoms with Gasteiger partial charge in [-0.3, -0.25) is 24.1 Å². The molecule has 2 aliphatic carbocycles. The zero-order valence-electron chi connectivity index (χ0n) is 13.8. The van der Waals surface area contributed by atoms with Crippen LogP contribution in [0.5, 0.6) is 0 Å². The number of hydrogen-bond donors (Lipinski definition) is 0. The predicted molar refractivity (Wildman–Crippen MR) is 91.2 cm³/mol. The number of carbonyl (C=O) groups excluding carboxylic acids is 4. The van der Waals surface area contributed by atoms with Crippen LogP contribution in [0.4, 0.5) is 0 Å². The Labute approximate surface area is 154 Å². The van der Waals surface area contributed by atoms with Crippen molar-refractivity contribution < 1.29 is 23.9 Å². The van der Waals surface area contributed by atoms with Gasteiger partial charge in [-0.25, -0.2) is 0 Å². The summed E-state index contributed by atoms with van der Waals surface area (Å²) < 4.78 is 4.96. The molecule has 1 aliphatic heterocycles. The number of amides is 2. The molecule has 1 aromatic carbocycles. The zero-order valence-corrected chi connectivity index (χ0v) is 14.5. The average molecular weight is 374 g/mol. The van der Waals surface area contributed by atoms with E-state index in [1.54, 1.807) is 12.1 Å². The van der Waals surface area contributed by atoms with E-state index in [1.807, 2.05) is 12.2 Å². The third-order valence-corrected chi connectivity index (χ3v) is 5.63. The van der Waals surface area contributed by atoms with E-state index in [0.29, 0.717) is 10.6 Å². The molecule has 1 aromatic rings. The van der Waals surface area contributed by atoms with Crippen LogP contribution in [0.1, 0.15) is 16.8 Å². The molecule has 6 nitrogen and oxygen atoms in total. The van der Waals surface area contributed by atoms with Gasteiger partial charge in [0.25, 0.3) is 0 Å². The Morgan fingerprint density at radius 3 is 2.19 bits per heavy atom. The molecule has 3 aliphatic rings. The Balaban J connectivity index is 1.34. The Kier molecular flexibility index (Phi) is 4.15. The lowest BCUT2D eigenvalue weighted by molar-refractivity contribution is -0.152. The van der Waals surface area contributed by atoms with Gasteiger partial charge in [-0.05, 0) is 42.5 Å². The molecule has 26 heavy (non-hydrogen) atoms. The number of halogens is 1. The SMILES string of the molecule is O=C(CN1C(=O)[C@@H]2[C@H](C1=O)[C@@H]1C=C[C@@H]2C1)OCC(=O)c1ccc(Cl)cc1. The van der Waals surface area contributed by atoms with Crippen LogP contribution in [0.3, 0.4) is 0 Å². The first-order valence-electron chi connectivity index (χ1n) is 8.43. The molecular formula is C19H16ClNO5. The molecule has 0 spiro atoms. The number of carbonyl (C=O) groups is 4. The standard InChI is InChI=1S/C19H16ClNO5/c20-13-5-3-10(4-6-13)14(22)9-26-15(23)8-21-18(24)16-11-1-2-12(7-11)17(16)19(21)25/h1-6,11-12,16-17H,7-9H2/t11-,12-,16-,17+/m1/s1. The monoisotopic (exact) mass is 373 g/mol. The fraction of sp³-hybridized carbons (Fsp3) is 0.368. The first-order valence-corrected chi connectivity index (χ1v) is 8.81. The van der Waals surface area contributed by atoms with Crippen molar-refractivity contribution in [1.82, 2.24) is 4.90 Å². The van der Waals surface area contributed by atoms with Gasteiger partial charge in [0, 0.05) is 10.6 Å². The smallest absolute Gasteiger partial charge is 0.326 e. The first kappa shape index (κ1) is 17.0. The van der Waals surface area contributed by atoms with Crippen molar-refractivity contribution in [3.63, 3.8) is 0 Å². The molecule has 2 bridgehead atoms. The summed E-state index contributed by atoms with van der Waals surface area (Å²) in [5, 5.41) is 0.499. The number of imide groups is 1. The zero-order chi connectivity index (χ0) is 18.4. The van der Waals surface area contributed by atoms with Gasteiger partial charge in [-0.2, -0.15) is 0 Å². The number of nitrogens with zero attached hydrogens (tertiary/aromatic N) is 1. The number of rotatable bonds is 5. The number of ketones is 1. The molecule has 134 valence electrons. The predicted octanol–water partition coefficient (Wildman–Crippen LogP) is 1.87. The van der Waals surface area contributed by atoms with Crippen LogP contribution < -0.4 is 0 Å². The minimum Gasteiger partial charge on any atom is -0.456 e. The van der Waals surface area contributed by atoms with Crippen molar-refractivity contribution in [3.05, 3.63) is 47.0 Å². The van der Waals surface area contributed by atoms with Crippen LogP contribution in [-0.2, 0) is 19.1 Å². The van der Waals surface area contributed by atoms with E-state index in [2.05, 4.69) is 0 Å². The largest absolute Gasteiger partial charge is 0.456 e. The van der Waals surface area contributed by atoms with E-state index in [9.17, 15) is 19.2 Å². The second-order valence-electron chi connectivity index (χ2n) is 6.85. The van der Waals surface area contributed by atoms with Crippen LogP contribution in [0.15, 0.2) is 36.4 Å². The average Bonchev–Trinajstić information content (AvgIpc) is 3.30. The molecule has 1 heterocycles. The lowest BCUT2D eigenvalue weighted by Gasteiger charge is -2.16. The number of ether oxygens (including phenoxy) is 1. The van der Waals surface area contributed by atoms with Gasteiger partial charge in [-0.15, -0.1) is 0 Å². The van der Waals surface area contributed by atoms with E-state index in [4.69, 9.17) is 16.3 Å². The maximum Gasteiger partial charge on any atom is 0.326 e. The number of allylic oxidation sites excluding steroid dienone is 2. The number of likely N-dealkylation sites (tertiary alicyclic amines) is 1. The van der Waals surface area contributed by atoms with Gasteiger partial charge >= 0.3 is 5.97 Å². The van der Waals surface area contributed by atoms with Crippen molar-refractivity contribution in [2.45, 2.75) is 6.42 Å². The molecule has 4 atom stereocenters. The number of hydrogen-bond acceptors (Lipinski definition) is 5. The van der Waals surface area contributed by atoms with E-state index in [1.165, 1.54) is 12.1 Å². The highest BCUT2D eigenvalue weighted by Crippen LogP contribution is 2.52. The fourth-order valence-electron chi connectivity index (χ4n) is 4.16. The summed E-state index contributed by atoms with van der Waals surface area (Å²) >= 11 is 5.76. The highest BCUT2D eigenvalue weighted by atomic mass is 35.5. The highest BCUT2D eigenvalue weighted by molar-refractivity contribution is 6.30. The summed E-state index contributed by atoms with van der Waals surface area (Å²) in [7, 11) is 0. The molecule has 0 aromatic heterocycles.